The van der Waals surface area contributed by atoms with Crippen LogP contribution in [0.4, 0.5) is 0 Å². The molecule has 2 rings (SSSR count). The smallest absolute Gasteiger partial charge is 0.0105 e. The van der Waals surface area contributed by atoms with Crippen LogP contribution in [0.3, 0.4) is 0 Å². The molecular weight excluding hydrogens is 218 g/mol. The van der Waals surface area contributed by atoms with Gasteiger partial charge in [-0.15, -0.1) is 0 Å². The molecule has 2 unspecified atom stereocenters. The van der Waals surface area contributed by atoms with Gasteiger partial charge in [0.15, 0.2) is 0 Å². The summed E-state index contributed by atoms with van der Waals surface area (Å²) in [7, 11) is 0. The Bertz CT molecular complexity index is 327. The van der Waals surface area contributed by atoms with E-state index in [1.807, 2.05) is 0 Å². The molecule has 1 fully saturated rings. The highest BCUT2D eigenvalue weighted by Crippen LogP contribution is 2.29. The van der Waals surface area contributed by atoms with Crippen molar-refractivity contribution in [3.63, 3.8) is 0 Å². The van der Waals surface area contributed by atoms with Gasteiger partial charge in [-0.3, -0.25) is 0 Å². The Balaban J connectivity index is 1.78. The Morgan fingerprint density at radius 2 is 1.78 bits per heavy atom. The van der Waals surface area contributed by atoms with Crippen LogP contribution in [0.25, 0.3) is 0 Å². The van der Waals surface area contributed by atoms with Crippen LogP contribution in [0, 0.1) is 5.92 Å². The second kappa shape index (κ2) is 6.94. The maximum atomic E-state index is 6.37. The highest BCUT2D eigenvalue weighted by Gasteiger charge is 2.18. The van der Waals surface area contributed by atoms with E-state index in [1.54, 1.807) is 0 Å². The van der Waals surface area contributed by atoms with E-state index in [0.717, 1.165) is 5.92 Å². The van der Waals surface area contributed by atoms with Crippen molar-refractivity contribution >= 4 is 0 Å². The number of hydrogen-bond acceptors (Lipinski definition) is 1. The molecule has 0 heterocycles. The molecule has 18 heavy (non-hydrogen) atoms. The first kappa shape index (κ1) is 13.6. The molecule has 1 nitrogen and oxygen atoms in total. The Labute approximate surface area is 112 Å². The molecule has 0 radical (unpaired) electrons. The fraction of sp³-hybridized carbons (Fsp3) is 0.647. The van der Waals surface area contributed by atoms with Crippen molar-refractivity contribution in [1.82, 2.24) is 0 Å². The van der Waals surface area contributed by atoms with Crippen molar-refractivity contribution in [2.24, 2.45) is 11.7 Å². The Kier molecular flexibility index (Phi) is 5.25. The molecule has 2 N–H and O–H groups in total. The van der Waals surface area contributed by atoms with Crippen molar-refractivity contribution in [2.75, 3.05) is 0 Å². The topological polar surface area (TPSA) is 26.0 Å². The van der Waals surface area contributed by atoms with Crippen LogP contribution >= 0.6 is 0 Å². The van der Waals surface area contributed by atoms with E-state index in [0.29, 0.717) is 12.0 Å². The van der Waals surface area contributed by atoms with Crippen molar-refractivity contribution in [3.8, 4) is 0 Å². The standard InChI is InChI=1S/C17H27N/c1-14(16-10-6-3-7-11-16)17(18)13-12-15-8-4-2-5-9-15/h3,6-7,10-11,14-15,17H,2,4-5,8-9,12-13,18H2,1H3. The molecule has 0 amide bonds. The summed E-state index contributed by atoms with van der Waals surface area (Å²) < 4.78 is 0. The summed E-state index contributed by atoms with van der Waals surface area (Å²) in [5, 5.41) is 0. The molecule has 1 aliphatic carbocycles. The fourth-order valence-electron chi connectivity index (χ4n) is 3.16. The molecule has 1 saturated carbocycles. The first-order valence-corrected chi connectivity index (χ1v) is 7.58. The van der Waals surface area contributed by atoms with Crippen molar-refractivity contribution in [3.05, 3.63) is 35.9 Å². The summed E-state index contributed by atoms with van der Waals surface area (Å²) in [5.74, 6) is 1.43. The Hall–Kier alpha value is -0.820. The Morgan fingerprint density at radius 3 is 2.44 bits per heavy atom. The van der Waals surface area contributed by atoms with Gasteiger partial charge in [-0.05, 0) is 30.2 Å². The third-order valence-corrected chi connectivity index (χ3v) is 4.60. The maximum Gasteiger partial charge on any atom is 0.0105 e. The van der Waals surface area contributed by atoms with Crippen molar-refractivity contribution in [2.45, 2.75) is 63.8 Å². The van der Waals surface area contributed by atoms with Gasteiger partial charge < -0.3 is 5.73 Å². The molecule has 0 spiro atoms. The summed E-state index contributed by atoms with van der Waals surface area (Å²) in [6.07, 6.45) is 9.71. The molecule has 1 aromatic rings. The summed E-state index contributed by atoms with van der Waals surface area (Å²) in [6.45, 7) is 2.26. The molecule has 100 valence electrons. The zero-order chi connectivity index (χ0) is 12.8. The molecule has 1 aromatic carbocycles. The van der Waals surface area contributed by atoms with Gasteiger partial charge in [0.2, 0.25) is 0 Å². The quantitative estimate of drug-likeness (QED) is 0.813. The van der Waals surface area contributed by atoms with Crippen LogP contribution in [0.5, 0.6) is 0 Å². The lowest BCUT2D eigenvalue weighted by Gasteiger charge is -2.25. The van der Waals surface area contributed by atoms with E-state index in [4.69, 9.17) is 5.73 Å². The number of hydrogen-bond donors (Lipinski definition) is 1. The highest BCUT2D eigenvalue weighted by atomic mass is 14.6. The van der Waals surface area contributed by atoms with Crippen molar-refractivity contribution < 1.29 is 0 Å². The number of benzene rings is 1. The lowest BCUT2D eigenvalue weighted by molar-refractivity contribution is 0.317. The first-order chi connectivity index (χ1) is 8.77. The van der Waals surface area contributed by atoms with E-state index in [1.165, 1.54) is 50.5 Å². The number of nitrogens with two attached hydrogens (primary N) is 1. The third kappa shape index (κ3) is 3.84. The zero-order valence-corrected chi connectivity index (χ0v) is 11.6. The number of rotatable bonds is 5. The van der Waals surface area contributed by atoms with Crippen LogP contribution in [0.2, 0.25) is 0 Å². The van der Waals surface area contributed by atoms with E-state index in [-0.39, 0.29) is 0 Å². The predicted molar refractivity (Wildman–Crippen MR) is 78.6 cm³/mol. The van der Waals surface area contributed by atoms with Gasteiger partial charge in [-0.1, -0.05) is 69.4 Å². The summed E-state index contributed by atoms with van der Waals surface area (Å²) in [6, 6.07) is 11.0. The van der Waals surface area contributed by atoms with Crippen LogP contribution < -0.4 is 5.73 Å². The summed E-state index contributed by atoms with van der Waals surface area (Å²) >= 11 is 0. The largest absolute Gasteiger partial charge is 0.327 e. The molecule has 1 heteroatoms. The lowest BCUT2D eigenvalue weighted by Crippen LogP contribution is -2.27. The molecule has 0 saturated heterocycles. The minimum absolute atomic E-state index is 0.314. The monoisotopic (exact) mass is 245 g/mol. The fourth-order valence-corrected chi connectivity index (χ4v) is 3.16. The highest BCUT2D eigenvalue weighted by molar-refractivity contribution is 5.20. The van der Waals surface area contributed by atoms with Crippen LogP contribution in [-0.4, -0.2) is 6.04 Å². The Morgan fingerprint density at radius 1 is 1.11 bits per heavy atom. The molecule has 1 aliphatic rings. The second-order valence-corrected chi connectivity index (χ2v) is 5.94. The van der Waals surface area contributed by atoms with Gasteiger partial charge >= 0.3 is 0 Å². The molecular formula is C17H27N. The predicted octanol–water partition coefficient (Wildman–Crippen LogP) is 4.48. The molecule has 0 aromatic heterocycles. The van der Waals surface area contributed by atoms with Gasteiger partial charge in [0.25, 0.3) is 0 Å². The second-order valence-electron chi connectivity index (χ2n) is 5.94. The van der Waals surface area contributed by atoms with Crippen LogP contribution in [0.15, 0.2) is 30.3 Å². The first-order valence-electron chi connectivity index (χ1n) is 7.58. The van der Waals surface area contributed by atoms with E-state index < -0.39 is 0 Å². The summed E-state index contributed by atoms with van der Waals surface area (Å²) in [5.41, 5.74) is 7.75. The average molecular weight is 245 g/mol. The SMILES string of the molecule is CC(c1ccccc1)C(N)CCC1CCCCC1. The van der Waals surface area contributed by atoms with Crippen LogP contribution in [-0.2, 0) is 0 Å². The van der Waals surface area contributed by atoms with Gasteiger partial charge in [0.1, 0.15) is 0 Å². The molecule has 2 atom stereocenters. The average Bonchev–Trinajstić information content (AvgIpc) is 2.46. The molecule has 0 aliphatic heterocycles. The van der Waals surface area contributed by atoms with E-state index >= 15 is 0 Å². The van der Waals surface area contributed by atoms with Gasteiger partial charge in [0.05, 0.1) is 0 Å². The van der Waals surface area contributed by atoms with E-state index in [2.05, 4.69) is 37.3 Å². The van der Waals surface area contributed by atoms with Crippen molar-refractivity contribution in [1.29, 1.82) is 0 Å². The third-order valence-electron chi connectivity index (χ3n) is 4.60. The minimum Gasteiger partial charge on any atom is -0.327 e. The van der Waals surface area contributed by atoms with E-state index in [9.17, 15) is 0 Å². The van der Waals surface area contributed by atoms with Gasteiger partial charge in [0, 0.05) is 6.04 Å². The lowest BCUT2D eigenvalue weighted by atomic mass is 9.83. The van der Waals surface area contributed by atoms with Gasteiger partial charge in [-0.25, -0.2) is 0 Å². The maximum absolute atomic E-state index is 6.37. The van der Waals surface area contributed by atoms with Gasteiger partial charge in [-0.2, -0.15) is 0 Å². The van der Waals surface area contributed by atoms with Crippen LogP contribution in [0.1, 0.15) is 63.4 Å². The normalized spacial score (nSPS) is 20.6. The zero-order valence-electron chi connectivity index (χ0n) is 11.6. The summed E-state index contributed by atoms with van der Waals surface area (Å²) in [4.78, 5) is 0. The molecule has 0 bridgehead atoms. The minimum atomic E-state index is 0.314.